The number of rotatable bonds is 6. The highest BCUT2D eigenvalue weighted by molar-refractivity contribution is 5.97. The number of aliphatic carboxylic acids is 1. The van der Waals surface area contributed by atoms with Crippen LogP contribution in [0.3, 0.4) is 0 Å². The molecule has 0 bridgehead atoms. The molecule has 1 aromatic carbocycles. The normalized spacial score (nSPS) is 9.70. The molecule has 20 heavy (non-hydrogen) atoms. The lowest BCUT2D eigenvalue weighted by Crippen LogP contribution is -2.39. The number of nitrogens with zero attached hydrogens (tertiary/aromatic N) is 1. The van der Waals surface area contributed by atoms with E-state index in [1.807, 2.05) is 25.1 Å². The molecule has 0 fully saturated rings. The number of hydrogen-bond donors (Lipinski definition) is 3. The van der Waals surface area contributed by atoms with Crippen LogP contribution in [0, 0.1) is 0 Å². The number of carboxylic acid groups (broad SMARTS) is 1. The van der Waals surface area contributed by atoms with E-state index in [4.69, 9.17) is 5.11 Å². The van der Waals surface area contributed by atoms with Crippen LogP contribution in [-0.4, -0.2) is 50.1 Å². The lowest BCUT2D eigenvalue weighted by atomic mass is 10.2. The van der Waals surface area contributed by atoms with Gasteiger partial charge in [-0.25, -0.2) is 0 Å². The Labute approximate surface area is 116 Å². The number of carbonyl (C=O) groups is 3. The SMILES string of the molecule is CN(C)c1cccc(C(=O)NCC(=O)NCC(=O)O)c1. The van der Waals surface area contributed by atoms with Gasteiger partial charge in [0.1, 0.15) is 6.54 Å². The Morgan fingerprint density at radius 2 is 1.85 bits per heavy atom. The molecule has 0 unspecified atom stereocenters. The van der Waals surface area contributed by atoms with Gasteiger partial charge >= 0.3 is 5.97 Å². The molecule has 0 radical (unpaired) electrons. The number of nitrogens with one attached hydrogen (secondary N) is 2. The van der Waals surface area contributed by atoms with Crippen LogP contribution in [-0.2, 0) is 9.59 Å². The number of carbonyl (C=O) groups excluding carboxylic acids is 2. The number of amides is 2. The summed E-state index contributed by atoms with van der Waals surface area (Å²) in [6, 6.07) is 6.94. The molecule has 1 aromatic rings. The number of benzene rings is 1. The Kier molecular flexibility index (Phi) is 5.52. The Hall–Kier alpha value is -2.57. The first kappa shape index (κ1) is 15.5. The zero-order valence-corrected chi connectivity index (χ0v) is 11.3. The fraction of sp³-hybridized carbons (Fsp3) is 0.308. The van der Waals surface area contributed by atoms with Gasteiger partial charge in [0.15, 0.2) is 0 Å². The first-order valence-electron chi connectivity index (χ1n) is 5.94. The average Bonchev–Trinajstić information content (AvgIpc) is 2.42. The smallest absolute Gasteiger partial charge is 0.322 e. The van der Waals surface area contributed by atoms with Crippen molar-refractivity contribution in [3.05, 3.63) is 29.8 Å². The number of anilines is 1. The lowest BCUT2D eigenvalue weighted by molar-refractivity contribution is -0.137. The predicted octanol–water partition coefficient (Wildman–Crippen LogP) is -0.317. The van der Waals surface area contributed by atoms with Gasteiger partial charge in [-0.15, -0.1) is 0 Å². The minimum atomic E-state index is -1.14. The molecule has 0 saturated carbocycles. The first-order valence-corrected chi connectivity index (χ1v) is 5.94. The second kappa shape index (κ2) is 7.13. The van der Waals surface area contributed by atoms with Gasteiger partial charge in [-0.05, 0) is 18.2 Å². The van der Waals surface area contributed by atoms with E-state index in [1.165, 1.54) is 0 Å². The minimum absolute atomic E-state index is 0.266. The van der Waals surface area contributed by atoms with Crippen LogP contribution in [0.2, 0.25) is 0 Å². The monoisotopic (exact) mass is 279 g/mol. The van der Waals surface area contributed by atoms with Crippen molar-refractivity contribution >= 4 is 23.5 Å². The van der Waals surface area contributed by atoms with Crippen molar-refractivity contribution in [2.75, 3.05) is 32.1 Å². The summed E-state index contributed by atoms with van der Waals surface area (Å²) in [4.78, 5) is 35.2. The second-order valence-corrected chi connectivity index (χ2v) is 4.30. The molecule has 0 aromatic heterocycles. The van der Waals surface area contributed by atoms with Crippen molar-refractivity contribution in [3.8, 4) is 0 Å². The number of carboxylic acids is 1. The van der Waals surface area contributed by atoms with E-state index in [0.717, 1.165) is 5.69 Å². The standard InChI is InChI=1S/C13H17N3O4/c1-16(2)10-5-3-4-9(6-10)13(20)15-7-11(17)14-8-12(18)19/h3-6H,7-8H2,1-2H3,(H,14,17)(H,15,20)(H,18,19). The molecule has 0 aliphatic rings. The third-order valence-corrected chi connectivity index (χ3v) is 2.47. The van der Waals surface area contributed by atoms with Gasteiger partial charge in [-0.3, -0.25) is 14.4 Å². The van der Waals surface area contributed by atoms with E-state index < -0.39 is 18.4 Å². The highest BCUT2D eigenvalue weighted by Crippen LogP contribution is 2.12. The fourth-order valence-corrected chi connectivity index (χ4v) is 1.42. The van der Waals surface area contributed by atoms with Crippen molar-refractivity contribution in [1.82, 2.24) is 10.6 Å². The summed E-state index contributed by atoms with van der Waals surface area (Å²) < 4.78 is 0. The van der Waals surface area contributed by atoms with Gasteiger partial charge in [-0.2, -0.15) is 0 Å². The summed E-state index contributed by atoms with van der Waals surface area (Å²) in [6.07, 6.45) is 0. The minimum Gasteiger partial charge on any atom is -0.480 e. The third-order valence-electron chi connectivity index (χ3n) is 2.47. The molecule has 2 amide bonds. The molecular weight excluding hydrogens is 262 g/mol. The molecule has 0 heterocycles. The molecule has 0 aliphatic carbocycles. The summed E-state index contributed by atoms with van der Waals surface area (Å²) >= 11 is 0. The predicted molar refractivity (Wildman–Crippen MR) is 73.7 cm³/mol. The molecule has 108 valence electrons. The first-order chi connectivity index (χ1) is 9.40. The van der Waals surface area contributed by atoms with Crippen molar-refractivity contribution < 1.29 is 19.5 Å². The molecule has 3 N–H and O–H groups in total. The lowest BCUT2D eigenvalue weighted by Gasteiger charge is -2.13. The zero-order chi connectivity index (χ0) is 15.1. The molecule has 7 nitrogen and oxygen atoms in total. The highest BCUT2D eigenvalue weighted by atomic mass is 16.4. The van der Waals surface area contributed by atoms with E-state index in [9.17, 15) is 14.4 Å². The van der Waals surface area contributed by atoms with Crippen LogP contribution in [0.25, 0.3) is 0 Å². The topological polar surface area (TPSA) is 98.7 Å². The average molecular weight is 279 g/mol. The maximum absolute atomic E-state index is 11.8. The fourth-order valence-electron chi connectivity index (χ4n) is 1.42. The Bertz CT molecular complexity index is 514. The van der Waals surface area contributed by atoms with Gasteiger partial charge in [0.05, 0.1) is 6.54 Å². The maximum atomic E-state index is 11.8. The van der Waals surface area contributed by atoms with Crippen molar-refractivity contribution in [2.45, 2.75) is 0 Å². The summed E-state index contributed by atoms with van der Waals surface area (Å²) in [5.41, 5.74) is 1.30. The summed E-state index contributed by atoms with van der Waals surface area (Å²) in [7, 11) is 3.72. The number of hydrogen-bond acceptors (Lipinski definition) is 4. The van der Waals surface area contributed by atoms with E-state index in [1.54, 1.807) is 18.2 Å². The van der Waals surface area contributed by atoms with Gasteiger partial charge in [0.25, 0.3) is 5.91 Å². The second-order valence-electron chi connectivity index (χ2n) is 4.30. The third kappa shape index (κ3) is 4.97. The molecule has 0 saturated heterocycles. The Morgan fingerprint density at radius 3 is 2.45 bits per heavy atom. The molecular formula is C13H17N3O4. The molecule has 0 spiro atoms. The Balaban J connectivity index is 2.52. The molecule has 1 rings (SSSR count). The van der Waals surface area contributed by atoms with Crippen LogP contribution in [0.5, 0.6) is 0 Å². The molecule has 0 atom stereocenters. The van der Waals surface area contributed by atoms with Crippen molar-refractivity contribution in [1.29, 1.82) is 0 Å². The summed E-state index contributed by atoms with van der Waals surface area (Å²) in [6.45, 7) is -0.733. The largest absolute Gasteiger partial charge is 0.480 e. The zero-order valence-electron chi connectivity index (χ0n) is 11.3. The van der Waals surface area contributed by atoms with Gasteiger partial charge in [0.2, 0.25) is 5.91 Å². The van der Waals surface area contributed by atoms with Crippen LogP contribution in [0.1, 0.15) is 10.4 Å². The van der Waals surface area contributed by atoms with Crippen LogP contribution >= 0.6 is 0 Å². The van der Waals surface area contributed by atoms with E-state index in [0.29, 0.717) is 5.56 Å². The van der Waals surface area contributed by atoms with E-state index in [2.05, 4.69) is 10.6 Å². The van der Waals surface area contributed by atoms with Crippen LogP contribution in [0.4, 0.5) is 5.69 Å². The summed E-state index contributed by atoms with van der Waals surface area (Å²) in [5, 5.41) is 13.0. The van der Waals surface area contributed by atoms with Crippen LogP contribution in [0.15, 0.2) is 24.3 Å². The van der Waals surface area contributed by atoms with Crippen molar-refractivity contribution in [3.63, 3.8) is 0 Å². The Morgan fingerprint density at radius 1 is 1.15 bits per heavy atom. The summed E-state index contributed by atoms with van der Waals surface area (Å²) in [5.74, 6) is -2.08. The van der Waals surface area contributed by atoms with Gasteiger partial charge < -0.3 is 20.6 Å². The van der Waals surface area contributed by atoms with E-state index >= 15 is 0 Å². The highest BCUT2D eigenvalue weighted by Gasteiger charge is 2.09. The van der Waals surface area contributed by atoms with Gasteiger partial charge in [-0.1, -0.05) is 6.07 Å². The maximum Gasteiger partial charge on any atom is 0.322 e. The van der Waals surface area contributed by atoms with Gasteiger partial charge in [0, 0.05) is 25.3 Å². The quantitative estimate of drug-likeness (QED) is 0.663. The molecule has 0 aliphatic heterocycles. The van der Waals surface area contributed by atoms with Crippen molar-refractivity contribution in [2.24, 2.45) is 0 Å². The van der Waals surface area contributed by atoms with E-state index in [-0.39, 0.29) is 12.5 Å². The van der Waals surface area contributed by atoms with Crippen LogP contribution < -0.4 is 15.5 Å². The molecule has 7 heteroatoms.